The third kappa shape index (κ3) is 2.39. The van der Waals surface area contributed by atoms with Gasteiger partial charge in [0, 0.05) is 17.9 Å². The molecule has 3 unspecified atom stereocenters. The number of benzene rings is 1. The van der Waals surface area contributed by atoms with E-state index in [0.717, 1.165) is 30.0 Å². The van der Waals surface area contributed by atoms with Crippen LogP contribution in [0.1, 0.15) is 36.0 Å². The van der Waals surface area contributed by atoms with Gasteiger partial charge in [-0.2, -0.15) is 0 Å². The average molecular weight is 260 g/mol. The molecule has 19 heavy (non-hydrogen) atoms. The standard InChI is InChI=1S/C15H20N2O2/c16-14-4-3-12(7-13(14)15(18)19)17-8-11-6-9-1-2-10(11)5-9/h3-4,7,9-11,17H,1-2,5-6,8,16H2,(H,18,19). The van der Waals surface area contributed by atoms with Crippen LogP contribution in [-0.2, 0) is 0 Å². The predicted molar refractivity (Wildman–Crippen MR) is 75.2 cm³/mol. The molecule has 2 fully saturated rings. The molecule has 0 amide bonds. The first kappa shape index (κ1) is 12.3. The van der Waals surface area contributed by atoms with Crippen LogP contribution in [0.25, 0.3) is 0 Å². The van der Waals surface area contributed by atoms with Crippen molar-refractivity contribution in [1.29, 1.82) is 0 Å². The van der Waals surface area contributed by atoms with Crippen molar-refractivity contribution in [2.45, 2.75) is 25.7 Å². The second-order valence-electron chi connectivity index (χ2n) is 5.92. The molecule has 4 heteroatoms. The Hall–Kier alpha value is -1.71. The van der Waals surface area contributed by atoms with Crippen LogP contribution in [0.15, 0.2) is 18.2 Å². The van der Waals surface area contributed by atoms with E-state index >= 15 is 0 Å². The van der Waals surface area contributed by atoms with Gasteiger partial charge in [-0.15, -0.1) is 0 Å². The Morgan fingerprint density at radius 3 is 2.84 bits per heavy atom. The molecule has 0 aromatic heterocycles. The van der Waals surface area contributed by atoms with Gasteiger partial charge < -0.3 is 16.2 Å². The highest BCUT2D eigenvalue weighted by Crippen LogP contribution is 2.48. The molecule has 0 heterocycles. The van der Waals surface area contributed by atoms with Crippen LogP contribution >= 0.6 is 0 Å². The van der Waals surface area contributed by atoms with Gasteiger partial charge in [0.2, 0.25) is 0 Å². The van der Waals surface area contributed by atoms with Gasteiger partial charge in [-0.05, 0) is 55.2 Å². The Bertz CT molecular complexity index is 501. The number of carbonyl (C=O) groups is 1. The van der Waals surface area contributed by atoms with Gasteiger partial charge >= 0.3 is 5.97 Å². The van der Waals surface area contributed by atoms with Gasteiger partial charge in [0.05, 0.1) is 5.56 Å². The van der Waals surface area contributed by atoms with Crippen molar-refractivity contribution in [1.82, 2.24) is 0 Å². The van der Waals surface area contributed by atoms with E-state index in [-0.39, 0.29) is 5.56 Å². The second kappa shape index (κ2) is 4.76. The molecule has 1 aromatic carbocycles. The molecule has 2 saturated carbocycles. The summed E-state index contributed by atoms with van der Waals surface area (Å²) in [4.78, 5) is 11.0. The first-order chi connectivity index (χ1) is 9.13. The minimum atomic E-state index is -0.971. The number of rotatable bonds is 4. The van der Waals surface area contributed by atoms with Gasteiger partial charge in [0.15, 0.2) is 0 Å². The monoisotopic (exact) mass is 260 g/mol. The second-order valence-corrected chi connectivity index (χ2v) is 5.92. The average Bonchev–Trinajstić information content (AvgIpc) is 2.99. The van der Waals surface area contributed by atoms with Crippen LogP contribution in [-0.4, -0.2) is 17.6 Å². The molecule has 2 aliphatic carbocycles. The van der Waals surface area contributed by atoms with Crippen molar-refractivity contribution in [2.75, 3.05) is 17.6 Å². The molecule has 0 spiro atoms. The van der Waals surface area contributed by atoms with E-state index < -0.39 is 5.97 Å². The summed E-state index contributed by atoms with van der Waals surface area (Å²) < 4.78 is 0. The highest BCUT2D eigenvalue weighted by atomic mass is 16.4. The summed E-state index contributed by atoms with van der Waals surface area (Å²) in [5, 5.41) is 12.4. The fourth-order valence-electron chi connectivity index (χ4n) is 3.73. The van der Waals surface area contributed by atoms with Crippen LogP contribution in [0.2, 0.25) is 0 Å². The lowest BCUT2D eigenvalue weighted by Crippen LogP contribution is -2.20. The lowest BCUT2D eigenvalue weighted by Gasteiger charge is -2.22. The number of carboxylic acids is 1. The molecule has 2 bridgehead atoms. The number of hydrogen-bond acceptors (Lipinski definition) is 3. The number of carboxylic acid groups (broad SMARTS) is 1. The highest BCUT2D eigenvalue weighted by Gasteiger charge is 2.38. The van der Waals surface area contributed by atoms with Crippen molar-refractivity contribution >= 4 is 17.3 Å². The summed E-state index contributed by atoms with van der Waals surface area (Å²) in [5.74, 6) is 1.61. The molecule has 0 aliphatic heterocycles. The third-order valence-electron chi connectivity index (χ3n) is 4.74. The largest absolute Gasteiger partial charge is 0.478 e. The summed E-state index contributed by atoms with van der Waals surface area (Å²) in [6.45, 7) is 0.949. The van der Waals surface area contributed by atoms with E-state index in [4.69, 9.17) is 10.8 Å². The van der Waals surface area contributed by atoms with Gasteiger partial charge in [0.1, 0.15) is 0 Å². The molecule has 1 aromatic rings. The zero-order valence-corrected chi connectivity index (χ0v) is 10.9. The van der Waals surface area contributed by atoms with Crippen molar-refractivity contribution in [3.8, 4) is 0 Å². The van der Waals surface area contributed by atoms with Crippen LogP contribution in [0.3, 0.4) is 0 Å². The molecule has 0 saturated heterocycles. The number of aromatic carboxylic acids is 1. The molecule has 0 radical (unpaired) electrons. The number of nitrogens with two attached hydrogens (primary N) is 1. The van der Waals surface area contributed by atoms with Gasteiger partial charge in [-0.25, -0.2) is 4.79 Å². The third-order valence-corrected chi connectivity index (χ3v) is 4.74. The smallest absolute Gasteiger partial charge is 0.337 e. The summed E-state index contributed by atoms with van der Waals surface area (Å²) >= 11 is 0. The van der Waals surface area contributed by atoms with Crippen LogP contribution in [0.4, 0.5) is 11.4 Å². The Kier molecular flexibility index (Phi) is 3.09. The molecular formula is C15H20N2O2. The summed E-state index contributed by atoms with van der Waals surface area (Å²) in [6, 6.07) is 5.15. The van der Waals surface area contributed by atoms with E-state index in [9.17, 15) is 4.79 Å². The summed E-state index contributed by atoms with van der Waals surface area (Å²) in [6.07, 6.45) is 5.51. The quantitative estimate of drug-likeness (QED) is 0.728. The topological polar surface area (TPSA) is 75.3 Å². The SMILES string of the molecule is Nc1ccc(NCC2CC3CCC2C3)cc1C(=O)O. The number of hydrogen-bond donors (Lipinski definition) is 3. The van der Waals surface area contributed by atoms with Gasteiger partial charge in [0.25, 0.3) is 0 Å². The number of fused-ring (bicyclic) bond motifs is 2. The minimum absolute atomic E-state index is 0.179. The minimum Gasteiger partial charge on any atom is -0.478 e. The van der Waals surface area contributed by atoms with E-state index in [0.29, 0.717) is 5.69 Å². The van der Waals surface area contributed by atoms with E-state index in [1.54, 1.807) is 12.1 Å². The normalized spacial score (nSPS) is 28.5. The Morgan fingerprint density at radius 1 is 1.37 bits per heavy atom. The first-order valence-electron chi connectivity index (χ1n) is 7.00. The highest BCUT2D eigenvalue weighted by molar-refractivity contribution is 5.94. The Labute approximate surface area is 113 Å². The van der Waals surface area contributed by atoms with Crippen molar-refractivity contribution in [3.63, 3.8) is 0 Å². The fourth-order valence-corrected chi connectivity index (χ4v) is 3.73. The maximum Gasteiger partial charge on any atom is 0.337 e. The lowest BCUT2D eigenvalue weighted by atomic mass is 9.89. The van der Waals surface area contributed by atoms with Crippen LogP contribution in [0, 0.1) is 17.8 Å². The predicted octanol–water partition coefficient (Wildman–Crippen LogP) is 2.82. The molecule has 3 rings (SSSR count). The Morgan fingerprint density at radius 2 is 2.21 bits per heavy atom. The molecule has 4 N–H and O–H groups in total. The van der Waals surface area contributed by atoms with Crippen LogP contribution < -0.4 is 11.1 Å². The van der Waals surface area contributed by atoms with E-state index in [1.807, 2.05) is 6.07 Å². The van der Waals surface area contributed by atoms with E-state index in [1.165, 1.54) is 25.7 Å². The molecule has 2 aliphatic rings. The fraction of sp³-hybridized carbons (Fsp3) is 0.533. The maximum atomic E-state index is 11.0. The van der Waals surface area contributed by atoms with Crippen molar-refractivity contribution < 1.29 is 9.90 Å². The number of anilines is 2. The summed E-state index contributed by atoms with van der Waals surface area (Å²) in [7, 11) is 0. The zero-order chi connectivity index (χ0) is 13.4. The van der Waals surface area contributed by atoms with E-state index in [2.05, 4.69) is 5.32 Å². The maximum absolute atomic E-state index is 11.0. The van der Waals surface area contributed by atoms with Gasteiger partial charge in [-0.1, -0.05) is 6.42 Å². The zero-order valence-electron chi connectivity index (χ0n) is 10.9. The molecule has 3 atom stereocenters. The number of nitrogen functional groups attached to an aromatic ring is 1. The molecular weight excluding hydrogens is 240 g/mol. The molecule has 102 valence electrons. The van der Waals surface area contributed by atoms with Crippen molar-refractivity contribution in [3.05, 3.63) is 23.8 Å². The van der Waals surface area contributed by atoms with Crippen molar-refractivity contribution in [2.24, 2.45) is 17.8 Å². The molecule has 4 nitrogen and oxygen atoms in total. The number of nitrogens with one attached hydrogen (secondary N) is 1. The summed E-state index contributed by atoms with van der Waals surface area (Å²) in [5.41, 5.74) is 7.00. The lowest BCUT2D eigenvalue weighted by molar-refractivity contribution is 0.0698. The van der Waals surface area contributed by atoms with Gasteiger partial charge in [-0.3, -0.25) is 0 Å². The Balaban J connectivity index is 1.64. The van der Waals surface area contributed by atoms with Crippen LogP contribution in [0.5, 0.6) is 0 Å². The first-order valence-corrected chi connectivity index (χ1v) is 7.00.